The van der Waals surface area contributed by atoms with E-state index in [0.717, 1.165) is 0 Å². The van der Waals surface area contributed by atoms with Crippen LogP contribution in [0.2, 0.25) is 0 Å². The van der Waals surface area contributed by atoms with Gasteiger partial charge in [0.1, 0.15) is 6.73 Å². The summed E-state index contributed by atoms with van der Waals surface area (Å²) in [5, 5.41) is 21.9. The monoisotopic (exact) mass is 394 g/mol. The Labute approximate surface area is 144 Å². The molecule has 0 spiro atoms. The first-order chi connectivity index (χ1) is 11.5. The van der Waals surface area contributed by atoms with Crippen LogP contribution in [0.5, 0.6) is 5.75 Å². The molecule has 0 atom stereocenters. The number of hydrogen-bond acceptors (Lipinski definition) is 6. The predicted molar refractivity (Wildman–Crippen MR) is 85.8 cm³/mol. The van der Waals surface area contributed by atoms with Crippen molar-refractivity contribution in [3.05, 3.63) is 45.9 Å². The number of ether oxygens (including phenoxy) is 1. The zero-order chi connectivity index (χ0) is 17.3. The quantitative estimate of drug-likeness (QED) is 0.538. The second-order valence-corrected chi connectivity index (χ2v) is 5.83. The maximum absolute atomic E-state index is 14.6. The number of nitrogens with zero attached hydrogens (tertiary/aromatic N) is 4. The molecule has 24 heavy (non-hydrogen) atoms. The van der Waals surface area contributed by atoms with Crippen LogP contribution in [0.15, 0.2) is 28.9 Å². The molecule has 9 heteroatoms. The van der Waals surface area contributed by atoms with E-state index in [4.69, 9.17) is 4.74 Å². The molecule has 3 aromatic rings. The van der Waals surface area contributed by atoms with Gasteiger partial charge in [0.25, 0.3) is 0 Å². The van der Waals surface area contributed by atoms with Crippen molar-refractivity contribution in [1.82, 2.24) is 20.0 Å². The molecule has 7 nitrogen and oxygen atoms in total. The Morgan fingerprint density at radius 1 is 1.42 bits per heavy atom. The lowest BCUT2D eigenvalue weighted by molar-refractivity contribution is -0.132. The van der Waals surface area contributed by atoms with Gasteiger partial charge in [0.05, 0.1) is 16.4 Å². The predicted octanol–water partition coefficient (Wildman–Crippen LogP) is 2.19. The number of esters is 1. The number of carbonyl (C=O) groups excluding carboxylic acids is 1. The van der Waals surface area contributed by atoms with Gasteiger partial charge in [0.15, 0.2) is 17.2 Å². The van der Waals surface area contributed by atoms with E-state index in [9.17, 15) is 14.3 Å². The average Bonchev–Trinajstić information content (AvgIpc) is 2.92. The third-order valence-corrected chi connectivity index (χ3v) is 3.99. The second-order valence-electron chi connectivity index (χ2n) is 4.98. The molecule has 2 heterocycles. The molecule has 0 saturated heterocycles. The highest BCUT2D eigenvalue weighted by Gasteiger charge is 2.18. The first-order valence-corrected chi connectivity index (χ1v) is 7.73. The van der Waals surface area contributed by atoms with E-state index in [0.29, 0.717) is 26.8 Å². The third kappa shape index (κ3) is 3.00. The van der Waals surface area contributed by atoms with Crippen molar-refractivity contribution < 1.29 is 19.0 Å². The number of benzene rings is 1. The van der Waals surface area contributed by atoms with Gasteiger partial charge in [-0.1, -0.05) is 6.07 Å². The Hall–Kier alpha value is -2.39. The third-order valence-electron chi connectivity index (χ3n) is 3.36. The summed E-state index contributed by atoms with van der Waals surface area (Å²) < 4.78 is 21.2. The van der Waals surface area contributed by atoms with Gasteiger partial charge in [-0.2, -0.15) is 10.2 Å². The van der Waals surface area contributed by atoms with Crippen LogP contribution >= 0.6 is 15.9 Å². The number of carbonyl (C=O) groups is 1. The van der Waals surface area contributed by atoms with E-state index in [-0.39, 0.29) is 18.9 Å². The highest BCUT2D eigenvalue weighted by atomic mass is 79.9. The van der Waals surface area contributed by atoms with E-state index in [1.807, 2.05) is 0 Å². The van der Waals surface area contributed by atoms with Crippen molar-refractivity contribution >= 4 is 32.9 Å². The number of aliphatic hydroxyl groups is 1. The molecular formula is C15H12BrFN4O3. The Morgan fingerprint density at radius 2 is 2.21 bits per heavy atom. The smallest absolute Gasteiger partial charge is 0.308 e. The summed E-state index contributed by atoms with van der Waals surface area (Å²) in [6, 6.07) is 4.87. The summed E-state index contributed by atoms with van der Waals surface area (Å²) >= 11 is 3.16. The molecule has 0 fully saturated rings. The van der Waals surface area contributed by atoms with Crippen molar-refractivity contribution in [1.29, 1.82) is 0 Å². The van der Waals surface area contributed by atoms with E-state index in [1.54, 1.807) is 18.2 Å². The van der Waals surface area contributed by atoms with E-state index in [2.05, 4.69) is 31.2 Å². The lowest BCUT2D eigenvalue weighted by Gasteiger charge is -2.09. The molecule has 0 unspecified atom stereocenters. The van der Waals surface area contributed by atoms with Gasteiger partial charge < -0.3 is 9.84 Å². The first-order valence-electron chi connectivity index (χ1n) is 6.94. The van der Waals surface area contributed by atoms with Crippen molar-refractivity contribution in [2.24, 2.45) is 0 Å². The van der Waals surface area contributed by atoms with Gasteiger partial charge >= 0.3 is 5.97 Å². The summed E-state index contributed by atoms with van der Waals surface area (Å²) in [7, 11) is 0. The molecule has 0 saturated carbocycles. The fraction of sp³-hybridized carbons (Fsp3) is 0.200. The largest absolute Gasteiger partial charge is 0.422 e. The molecule has 0 bridgehead atoms. The molecule has 0 aliphatic carbocycles. The summed E-state index contributed by atoms with van der Waals surface area (Å²) in [6.45, 7) is 0.838. The lowest BCUT2D eigenvalue weighted by atomic mass is 10.1. The zero-order valence-electron chi connectivity index (χ0n) is 12.5. The fourth-order valence-corrected chi connectivity index (χ4v) is 2.73. The number of aromatic nitrogens is 4. The minimum atomic E-state index is -0.645. The Morgan fingerprint density at radius 3 is 2.92 bits per heavy atom. The van der Waals surface area contributed by atoms with Crippen LogP contribution in [-0.4, -0.2) is 31.1 Å². The van der Waals surface area contributed by atoms with Crippen LogP contribution in [0.1, 0.15) is 18.2 Å². The van der Waals surface area contributed by atoms with Crippen LogP contribution in [0.4, 0.5) is 4.39 Å². The van der Waals surface area contributed by atoms with Gasteiger partial charge in [0.2, 0.25) is 0 Å². The van der Waals surface area contributed by atoms with Gasteiger partial charge in [-0.05, 0) is 33.6 Å². The summed E-state index contributed by atoms with van der Waals surface area (Å²) in [5.74, 6) is -1.42. The van der Waals surface area contributed by atoms with Crippen molar-refractivity contribution in [2.75, 3.05) is 0 Å². The summed E-state index contributed by atoms with van der Waals surface area (Å²) in [4.78, 5) is 11.1. The fourth-order valence-electron chi connectivity index (χ4n) is 2.34. The van der Waals surface area contributed by atoms with Crippen LogP contribution < -0.4 is 4.74 Å². The standard InChI is InChI=1S/C15H12BrFN4O3/c1-8(23)24-14-11(16)3-2-9(13(14)17)6-12-10-4-5-18-19-15(10)21(7-22)20-12/h2-5,22H,6-7H2,1H3. The summed E-state index contributed by atoms with van der Waals surface area (Å²) in [5.41, 5.74) is 1.24. The van der Waals surface area contributed by atoms with Crippen LogP contribution in [-0.2, 0) is 17.9 Å². The highest BCUT2D eigenvalue weighted by Crippen LogP contribution is 2.32. The summed E-state index contributed by atoms with van der Waals surface area (Å²) in [6.07, 6.45) is 1.64. The van der Waals surface area contributed by atoms with Gasteiger partial charge in [-0.25, -0.2) is 9.07 Å². The Balaban J connectivity index is 2.05. The number of rotatable bonds is 4. The van der Waals surface area contributed by atoms with E-state index >= 15 is 0 Å². The van der Waals surface area contributed by atoms with Crippen LogP contribution in [0.3, 0.4) is 0 Å². The molecule has 0 aliphatic rings. The number of aliphatic hydroxyl groups excluding tert-OH is 1. The van der Waals surface area contributed by atoms with Gasteiger partial charge in [-0.3, -0.25) is 4.79 Å². The molecule has 0 aliphatic heterocycles. The second kappa shape index (κ2) is 6.62. The molecule has 0 amide bonds. The molecule has 3 rings (SSSR count). The molecular weight excluding hydrogens is 383 g/mol. The highest BCUT2D eigenvalue weighted by molar-refractivity contribution is 9.10. The molecule has 1 aromatic carbocycles. The SMILES string of the molecule is CC(=O)Oc1c(Br)ccc(Cc2nn(CO)c3nnccc23)c1F. The number of fused-ring (bicyclic) bond motifs is 1. The van der Waals surface area contributed by atoms with E-state index in [1.165, 1.54) is 17.8 Å². The minimum absolute atomic E-state index is 0.141. The maximum atomic E-state index is 14.6. The van der Waals surface area contributed by atoms with Gasteiger partial charge in [-0.15, -0.1) is 5.10 Å². The molecule has 124 valence electrons. The number of hydrogen-bond donors (Lipinski definition) is 1. The Kier molecular flexibility index (Phi) is 4.54. The first kappa shape index (κ1) is 16.5. The topological polar surface area (TPSA) is 90.1 Å². The maximum Gasteiger partial charge on any atom is 0.308 e. The molecule has 1 N–H and O–H groups in total. The van der Waals surface area contributed by atoms with Crippen molar-refractivity contribution in [2.45, 2.75) is 20.1 Å². The van der Waals surface area contributed by atoms with Crippen LogP contribution in [0, 0.1) is 5.82 Å². The van der Waals surface area contributed by atoms with Crippen LogP contribution in [0.25, 0.3) is 11.0 Å². The molecule has 0 radical (unpaired) electrons. The zero-order valence-corrected chi connectivity index (χ0v) is 14.1. The van der Waals surface area contributed by atoms with Crippen molar-refractivity contribution in [3.63, 3.8) is 0 Å². The van der Waals surface area contributed by atoms with E-state index < -0.39 is 11.8 Å². The average molecular weight is 395 g/mol. The lowest BCUT2D eigenvalue weighted by Crippen LogP contribution is -2.06. The molecule has 2 aromatic heterocycles. The normalized spacial score (nSPS) is 11.0. The van der Waals surface area contributed by atoms with Gasteiger partial charge in [0, 0.05) is 18.7 Å². The van der Waals surface area contributed by atoms with Crippen molar-refractivity contribution in [3.8, 4) is 5.75 Å². The minimum Gasteiger partial charge on any atom is -0.422 e. The number of halogens is 2. The Bertz CT molecular complexity index is 928.